The molecule has 3 heterocycles. The van der Waals surface area contributed by atoms with E-state index in [0.29, 0.717) is 11.3 Å². The Balaban J connectivity index is 1.81. The van der Waals surface area contributed by atoms with Crippen molar-refractivity contribution in [3.63, 3.8) is 0 Å². The van der Waals surface area contributed by atoms with E-state index in [1.54, 1.807) is 25.3 Å². The van der Waals surface area contributed by atoms with E-state index in [1.807, 2.05) is 12.1 Å². The summed E-state index contributed by atoms with van der Waals surface area (Å²) in [5.41, 5.74) is -0.177. The van der Waals surface area contributed by atoms with Crippen molar-refractivity contribution >= 4 is 28.2 Å². The zero-order valence-corrected chi connectivity index (χ0v) is 15.2. The quantitative estimate of drug-likeness (QED) is 0.646. The molecule has 1 saturated heterocycles. The maximum atomic E-state index is 13.2. The average Bonchev–Trinajstić information content (AvgIpc) is 3.03. The van der Waals surface area contributed by atoms with E-state index in [4.69, 9.17) is 0 Å². The Hall–Kier alpha value is -3.67. The number of hydrogen-bond donors (Lipinski definition) is 0. The van der Waals surface area contributed by atoms with Gasteiger partial charge in [0.05, 0.1) is 30.2 Å². The SMILES string of the molecule is Cc1cnc(C(F)(F)F)cc1N1C[C@@H](C#N)N(c2cncc3ccccc23)C1=O. The molecule has 1 atom stereocenters. The van der Waals surface area contributed by atoms with E-state index < -0.39 is 23.9 Å². The molecule has 0 unspecified atom stereocenters. The second-order valence-corrected chi connectivity index (χ2v) is 6.64. The Labute approximate surface area is 163 Å². The van der Waals surface area contributed by atoms with Crippen molar-refractivity contribution in [1.82, 2.24) is 9.97 Å². The summed E-state index contributed by atoms with van der Waals surface area (Å²) >= 11 is 0. The first kappa shape index (κ1) is 18.7. The van der Waals surface area contributed by atoms with Crippen LogP contribution in [0.3, 0.4) is 0 Å². The maximum absolute atomic E-state index is 13.2. The number of carbonyl (C=O) groups is 1. The fourth-order valence-corrected chi connectivity index (χ4v) is 3.42. The molecule has 2 aromatic heterocycles. The predicted octanol–water partition coefficient (Wildman–Crippen LogP) is 4.30. The van der Waals surface area contributed by atoms with Gasteiger partial charge in [0.15, 0.2) is 0 Å². The minimum absolute atomic E-state index is 0.0687. The molecule has 1 aliphatic rings. The van der Waals surface area contributed by atoms with Crippen LogP contribution in [-0.4, -0.2) is 28.6 Å². The molecular weight excluding hydrogens is 383 g/mol. The van der Waals surface area contributed by atoms with Gasteiger partial charge in [-0.05, 0) is 18.6 Å². The molecule has 1 aromatic carbocycles. The average molecular weight is 397 g/mol. The van der Waals surface area contributed by atoms with Gasteiger partial charge in [-0.25, -0.2) is 4.79 Å². The summed E-state index contributed by atoms with van der Waals surface area (Å²) in [6.07, 6.45) is -0.441. The van der Waals surface area contributed by atoms with E-state index in [-0.39, 0.29) is 12.2 Å². The number of aromatic nitrogens is 2. The first-order valence-electron chi connectivity index (χ1n) is 8.68. The van der Waals surface area contributed by atoms with Crippen LogP contribution in [0, 0.1) is 18.3 Å². The minimum atomic E-state index is -4.64. The number of amides is 2. The van der Waals surface area contributed by atoms with Gasteiger partial charge in [-0.2, -0.15) is 18.4 Å². The number of hydrogen-bond acceptors (Lipinski definition) is 4. The summed E-state index contributed by atoms with van der Waals surface area (Å²) in [7, 11) is 0. The first-order valence-corrected chi connectivity index (χ1v) is 8.68. The van der Waals surface area contributed by atoms with Crippen LogP contribution in [0.15, 0.2) is 48.9 Å². The van der Waals surface area contributed by atoms with Gasteiger partial charge in [-0.3, -0.25) is 19.8 Å². The first-order chi connectivity index (χ1) is 13.8. The van der Waals surface area contributed by atoms with Crippen molar-refractivity contribution in [2.45, 2.75) is 19.1 Å². The van der Waals surface area contributed by atoms with Crippen molar-refractivity contribution in [1.29, 1.82) is 5.26 Å². The molecule has 146 valence electrons. The summed E-state index contributed by atoms with van der Waals surface area (Å²) in [6.45, 7) is 1.50. The summed E-state index contributed by atoms with van der Waals surface area (Å²) < 4.78 is 39.3. The van der Waals surface area contributed by atoms with Crippen LogP contribution in [-0.2, 0) is 6.18 Å². The number of nitriles is 1. The number of fused-ring (bicyclic) bond motifs is 1. The van der Waals surface area contributed by atoms with E-state index in [2.05, 4.69) is 16.0 Å². The highest BCUT2D eigenvalue weighted by molar-refractivity contribution is 6.11. The standard InChI is InChI=1S/C20H14F3N5O/c1-12-8-26-18(20(21,22)23)6-16(12)27-11-14(7-24)28(19(27)29)17-10-25-9-13-4-2-3-5-15(13)17/h2-6,8-10,14H,11H2,1H3/t14-/m1/s1. The van der Waals surface area contributed by atoms with Gasteiger partial charge in [0.2, 0.25) is 0 Å². The van der Waals surface area contributed by atoms with Gasteiger partial charge in [0, 0.05) is 23.2 Å². The molecular formula is C20H14F3N5O. The van der Waals surface area contributed by atoms with Gasteiger partial charge in [0.1, 0.15) is 11.7 Å². The third-order valence-electron chi connectivity index (χ3n) is 4.82. The molecule has 0 saturated carbocycles. The van der Waals surface area contributed by atoms with Crippen LogP contribution in [0.1, 0.15) is 11.3 Å². The van der Waals surface area contributed by atoms with Crippen LogP contribution in [0.25, 0.3) is 10.8 Å². The predicted molar refractivity (Wildman–Crippen MR) is 100 cm³/mol. The fourth-order valence-electron chi connectivity index (χ4n) is 3.42. The second-order valence-electron chi connectivity index (χ2n) is 6.64. The molecule has 1 fully saturated rings. The lowest BCUT2D eigenvalue weighted by Gasteiger charge is -2.22. The Bertz CT molecular complexity index is 1150. The van der Waals surface area contributed by atoms with Crippen molar-refractivity contribution in [3.8, 4) is 6.07 Å². The lowest BCUT2D eigenvalue weighted by Crippen LogP contribution is -2.35. The lowest BCUT2D eigenvalue weighted by molar-refractivity contribution is -0.141. The van der Waals surface area contributed by atoms with E-state index in [1.165, 1.54) is 16.0 Å². The molecule has 0 N–H and O–H groups in total. The lowest BCUT2D eigenvalue weighted by atomic mass is 10.1. The molecule has 29 heavy (non-hydrogen) atoms. The van der Waals surface area contributed by atoms with Crippen LogP contribution < -0.4 is 9.80 Å². The summed E-state index contributed by atoms with van der Waals surface area (Å²) in [6, 6.07) is 8.70. The number of pyridine rings is 2. The van der Waals surface area contributed by atoms with Gasteiger partial charge in [-0.1, -0.05) is 24.3 Å². The molecule has 1 aliphatic heterocycles. The van der Waals surface area contributed by atoms with E-state index in [9.17, 15) is 23.2 Å². The number of rotatable bonds is 2. The molecule has 3 aromatic rings. The number of benzene rings is 1. The van der Waals surface area contributed by atoms with E-state index in [0.717, 1.165) is 23.0 Å². The normalized spacial score (nSPS) is 17.1. The summed E-state index contributed by atoms with van der Waals surface area (Å²) in [5.74, 6) is 0. The largest absolute Gasteiger partial charge is 0.433 e. The Morgan fingerprint density at radius 1 is 1.17 bits per heavy atom. The van der Waals surface area contributed by atoms with Crippen LogP contribution >= 0.6 is 0 Å². The number of urea groups is 1. The number of aryl methyl sites for hydroxylation is 1. The summed E-state index contributed by atoms with van der Waals surface area (Å²) in [4.78, 5) is 23.2. The second kappa shape index (κ2) is 6.74. The monoisotopic (exact) mass is 397 g/mol. The third kappa shape index (κ3) is 3.12. The highest BCUT2D eigenvalue weighted by atomic mass is 19.4. The molecule has 0 radical (unpaired) electrons. The number of carbonyl (C=O) groups excluding carboxylic acids is 1. The van der Waals surface area contributed by atoms with Gasteiger partial charge < -0.3 is 0 Å². The third-order valence-corrected chi connectivity index (χ3v) is 4.82. The Kier molecular flexibility index (Phi) is 4.34. The zero-order chi connectivity index (χ0) is 20.8. The number of nitrogens with zero attached hydrogens (tertiary/aromatic N) is 5. The molecule has 0 bridgehead atoms. The van der Waals surface area contributed by atoms with Crippen LogP contribution in [0.4, 0.5) is 29.3 Å². The van der Waals surface area contributed by atoms with Gasteiger partial charge >= 0.3 is 12.2 Å². The van der Waals surface area contributed by atoms with Crippen LogP contribution in [0.5, 0.6) is 0 Å². The van der Waals surface area contributed by atoms with Crippen molar-refractivity contribution in [2.75, 3.05) is 16.3 Å². The molecule has 6 nitrogen and oxygen atoms in total. The van der Waals surface area contributed by atoms with Crippen molar-refractivity contribution in [3.05, 3.63) is 60.2 Å². The molecule has 9 heteroatoms. The summed E-state index contributed by atoms with van der Waals surface area (Å²) in [5, 5.41) is 11.1. The highest BCUT2D eigenvalue weighted by Crippen LogP contribution is 2.36. The van der Waals surface area contributed by atoms with E-state index >= 15 is 0 Å². The molecule has 0 spiro atoms. The van der Waals surface area contributed by atoms with Gasteiger partial charge in [0.25, 0.3) is 0 Å². The Morgan fingerprint density at radius 3 is 2.66 bits per heavy atom. The molecule has 0 aliphatic carbocycles. The Morgan fingerprint density at radius 2 is 1.93 bits per heavy atom. The van der Waals surface area contributed by atoms with Crippen molar-refractivity contribution in [2.24, 2.45) is 0 Å². The molecule has 4 rings (SSSR count). The van der Waals surface area contributed by atoms with Crippen LogP contribution in [0.2, 0.25) is 0 Å². The maximum Gasteiger partial charge on any atom is 0.433 e. The van der Waals surface area contributed by atoms with Crippen molar-refractivity contribution < 1.29 is 18.0 Å². The zero-order valence-electron chi connectivity index (χ0n) is 15.2. The highest BCUT2D eigenvalue weighted by Gasteiger charge is 2.42. The number of alkyl halides is 3. The topological polar surface area (TPSA) is 73.1 Å². The minimum Gasteiger partial charge on any atom is -0.290 e. The smallest absolute Gasteiger partial charge is 0.290 e. The number of halogens is 3. The number of anilines is 2. The molecule has 2 amide bonds. The van der Waals surface area contributed by atoms with Gasteiger partial charge in [-0.15, -0.1) is 0 Å². The fraction of sp³-hybridized carbons (Fsp3) is 0.200.